The molecule has 0 saturated carbocycles. The van der Waals surface area contributed by atoms with Crippen LogP contribution in [0.2, 0.25) is 0 Å². The lowest BCUT2D eigenvalue weighted by Crippen LogP contribution is -2.10. The number of rotatable bonds is 5. The second kappa shape index (κ2) is 8.21. The van der Waals surface area contributed by atoms with Gasteiger partial charge in [-0.05, 0) is 66.7 Å². The van der Waals surface area contributed by atoms with Crippen LogP contribution < -0.4 is 10.2 Å². The predicted octanol–water partition coefficient (Wildman–Crippen LogP) is 8.80. The Morgan fingerprint density at radius 2 is 1.09 bits per heavy atom. The van der Waals surface area contributed by atoms with Gasteiger partial charge >= 0.3 is 0 Å². The van der Waals surface area contributed by atoms with Gasteiger partial charge in [-0.25, -0.2) is 0 Å². The minimum absolute atomic E-state index is 0.896. The molecule has 1 N–H and O–H groups in total. The number of furan rings is 1. The maximum Gasteiger partial charge on any atom is 0.135 e. The summed E-state index contributed by atoms with van der Waals surface area (Å²) in [6.45, 7) is 0. The summed E-state index contributed by atoms with van der Waals surface area (Å²) in [5, 5.41) is 5.75. The fourth-order valence-corrected chi connectivity index (χ4v) is 4.29. The highest BCUT2D eigenvalue weighted by Gasteiger charge is 2.15. The van der Waals surface area contributed by atoms with E-state index in [1.54, 1.807) is 0 Å². The van der Waals surface area contributed by atoms with Gasteiger partial charge in [-0.2, -0.15) is 0 Å². The molecule has 0 saturated heterocycles. The van der Waals surface area contributed by atoms with E-state index < -0.39 is 0 Å². The van der Waals surface area contributed by atoms with Gasteiger partial charge in [-0.3, -0.25) is 0 Å². The molecule has 0 fully saturated rings. The predicted molar refractivity (Wildman–Crippen MR) is 138 cm³/mol. The zero-order valence-electron chi connectivity index (χ0n) is 18.0. The van der Waals surface area contributed by atoms with Crippen molar-refractivity contribution in [3.8, 4) is 0 Å². The number of hydrogen-bond donors (Lipinski definition) is 1. The first-order chi connectivity index (χ1) is 16.3. The summed E-state index contributed by atoms with van der Waals surface area (Å²) >= 11 is 0. The summed E-state index contributed by atoms with van der Waals surface area (Å²) in [6, 6.07) is 43.8. The van der Waals surface area contributed by atoms with Crippen LogP contribution >= 0.6 is 0 Å². The normalized spacial score (nSPS) is 11.0. The van der Waals surface area contributed by atoms with Gasteiger partial charge in [0.25, 0.3) is 0 Å². The number of benzene rings is 5. The molecule has 0 radical (unpaired) electrons. The average molecular weight is 427 g/mol. The second-order valence-electron chi connectivity index (χ2n) is 7.99. The van der Waals surface area contributed by atoms with E-state index in [4.69, 9.17) is 4.42 Å². The van der Waals surface area contributed by atoms with E-state index in [1.165, 1.54) is 0 Å². The van der Waals surface area contributed by atoms with Crippen LogP contribution in [-0.2, 0) is 0 Å². The zero-order valence-corrected chi connectivity index (χ0v) is 18.0. The summed E-state index contributed by atoms with van der Waals surface area (Å²) in [6.07, 6.45) is 0. The molecule has 0 aliphatic heterocycles. The van der Waals surface area contributed by atoms with E-state index in [0.717, 1.165) is 50.4 Å². The van der Waals surface area contributed by atoms with Gasteiger partial charge in [-0.15, -0.1) is 0 Å². The Kier molecular flexibility index (Phi) is 4.78. The van der Waals surface area contributed by atoms with Crippen LogP contribution in [-0.4, -0.2) is 0 Å². The Morgan fingerprint density at radius 1 is 0.455 bits per heavy atom. The molecule has 0 unspecified atom stereocenters. The SMILES string of the molecule is c1ccc(Nc2cccc(N(c3ccccc3)c3ccc4oc5ccccc5c4c3)c2)cc1. The number of nitrogens with zero attached hydrogens (tertiary/aromatic N) is 1. The molecular weight excluding hydrogens is 404 g/mol. The number of hydrogen-bond acceptors (Lipinski definition) is 3. The zero-order chi connectivity index (χ0) is 22.0. The molecule has 5 aromatic carbocycles. The number of nitrogens with one attached hydrogen (secondary N) is 1. The summed E-state index contributed by atoms with van der Waals surface area (Å²) in [5.74, 6) is 0. The maximum absolute atomic E-state index is 6.06. The van der Waals surface area contributed by atoms with Crippen LogP contribution in [0.1, 0.15) is 0 Å². The van der Waals surface area contributed by atoms with E-state index in [0.29, 0.717) is 0 Å². The summed E-state index contributed by atoms with van der Waals surface area (Å²) in [7, 11) is 0. The molecular formula is C30H22N2O. The van der Waals surface area contributed by atoms with Crippen LogP contribution in [0.25, 0.3) is 21.9 Å². The molecule has 6 rings (SSSR count). The van der Waals surface area contributed by atoms with Gasteiger partial charge in [0.05, 0.1) is 0 Å². The van der Waals surface area contributed by atoms with Crippen molar-refractivity contribution in [2.75, 3.05) is 10.2 Å². The third-order valence-corrected chi connectivity index (χ3v) is 5.80. The summed E-state index contributed by atoms with van der Waals surface area (Å²) in [4.78, 5) is 2.28. The second-order valence-corrected chi connectivity index (χ2v) is 7.99. The molecule has 0 atom stereocenters. The van der Waals surface area contributed by atoms with E-state index in [9.17, 15) is 0 Å². The molecule has 0 amide bonds. The van der Waals surface area contributed by atoms with Crippen molar-refractivity contribution in [2.24, 2.45) is 0 Å². The Hall–Kier alpha value is -4.50. The molecule has 3 heteroatoms. The van der Waals surface area contributed by atoms with Crippen molar-refractivity contribution in [1.82, 2.24) is 0 Å². The molecule has 0 spiro atoms. The largest absolute Gasteiger partial charge is 0.456 e. The average Bonchev–Trinajstić information content (AvgIpc) is 3.24. The quantitative estimate of drug-likeness (QED) is 0.298. The number of anilines is 5. The molecule has 1 heterocycles. The first kappa shape index (κ1) is 19.2. The third-order valence-electron chi connectivity index (χ3n) is 5.80. The van der Waals surface area contributed by atoms with Crippen LogP contribution in [0.5, 0.6) is 0 Å². The molecule has 3 nitrogen and oxygen atoms in total. The Morgan fingerprint density at radius 3 is 1.94 bits per heavy atom. The number of fused-ring (bicyclic) bond motifs is 3. The fourth-order valence-electron chi connectivity index (χ4n) is 4.29. The molecule has 0 bridgehead atoms. The van der Waals surface area contributed by atoms with Gasteiger partial charge in [0, 0.05) is 39.2 Å². The molecule has 0 aliphatic rings. The molecule has 6 aromatic rings. The first-order valence-electron chi connectivity index (χ1n) is 11.0. The van der Waals surface area contributed by atoms with Gasteiger partial charge in [0.2, 0.25) is 0 Å². The fraction of sp³-hybridized carbons (Fsp3) is 0. The van der Waals surface area contributed by atoms with Crippen LogP contribution in [0.3, 0.4) is 0 Å². The molecule has 1 aromatic heterocycles. The van der Waals surface area contributed by atoms with Crippen molar-refractivity contribution in [3.63, 3.8) is 0 Å². The molecule has 0 aliphatic carbocycles. The lowest BCUT2D eigenvalue weighted by molar-refractivity contribution is 0.669. The van der Waals surface area contributed by atoms with E-state index in [1.807, 2.05) is 36.4 Å². The van der Waals surface area contributed by atoms with Crippen LogP contribution in [0.4, 0.5) is 28.4 Å². The third kappa shape index (κ3) is 3.70. The van der Waals surface area contributed by atoms with Gasteiger partial charge < -0.3 is 14.6 Å². The lowest BCUT2D eigenvalue weighted by Gasteiger charge is -2.26. The van der Waals surface area contributed by atoms with E-state index in [2.05, 4.69) is 101 Å². The Labute approximate surface area is 192 Å². The Balaban J connectivity index is 1.48. The maximum atomic E-state index is 6.06. The first-order valence-corrected chi connectivity index (χ1v) is 11.0. The minimum Gasteiger partial charge on any atom is -0.456 e. The smallest absolute Gasteiger partial charge is 0.135 e. The topological polar surface area (TPSA) is 28.4 Å². The highest BCUT2D eigenvalue weighted by atomic mass is 16.3. The van der Waals surface area contributed by atoms with Crippen molar-refractivity contribution < 1.29 is 4.42 Å². The van der Waals surface area contributed by atoms with E-state index >= 15 is 0 Å². The summed E-state index contributed by atoms with van der Waals surface area (Å²) < 4.78 is 6.06. The van der Waals surface area contributed by atoms with Gasteiger partial charge in [0.1, 0.15) is 11.2 Å². The highest BCUT2D eigenvalue weighted by molar-refractivity contribution is 6.06. The van der Waals surface area contributed by atoms with Crippen LogP contribution in [0.15, 0.2) is 132 Å². The van der Waals surface area contributed by atoms with Crippen LogP contribution in [0, 0.1) is 0 Å². The molecule has 158 valence electrons. The van der Waals surface area contributed by atoms with Gasteiger partial charge in [0.15, 0.2) is 0 Å². The van der Waals surface area contributed by atoms with Crippen molar-refractivity contribution in [3.05, 3.63) is 127 Å². The Bertz CT molecular complexity index is 1540. The number of para-hydroxylation sites is 3. The summed E-state index contributed by atoms with van der Waals surface area (Å²) in [5.41, 5.74) is 7.16. The molecule has 33 heavy (non-hydrogen) atoms. The van der Waals surface area contributed by atoms with Gasteiger partial charge in [-0.1, -0.05) is 60.7 Å². The van der Waals surface area contributed by atoms with E-state index in [-0.39, 0.29) is 0 Å². The van der Waals surface area contributed by atoms with Crippen molar-refractivity contribution in [2.45, 2.75) is 0 Å². The standard InChI is InChI=1S/C30H22N2O/c1-3-10-22(11-4-1)31-23-12-9-15-25(20-23)32(24-13-5-2-6-14-24)26-18-19-30-28(21-26)27-16-7-8-17-29(27)33-30/h1-21,31H. The highest BCUT2D eigenvalue weighted by Crippen LogP contribution is 2.39. The minimum atomic E-state index is 0.896. The lowest BCUT2D eigenvalue weighted by atomic mass is 10.1. The van der Waals surface area contributed by atoms with Crippen molar-refractivity contribution in [1.29, 1.82) is 0 Å². The van der Waals surface area contributed by atoms with Crippen molar-refractivity contribution >= 4 is 50.4 Å². The monoisotopic (exact) mass is 426 g/mol.